The van der Waals surface area contributed by atoms with Gasteiger partial charge in [0.05, 0.1) is 10.6 Å². The maximum atomic E-state index is 14.6. The Labute approximate surface area is 278 Å². The van der Waals surface area contributed by atoms with E-state index in [1.165, 1.54) is 17.0 Å². The molecular weight excluding hydrogens is 618 g/mol. The number of anilines is 1. The largest absolute Gasteiger partial charge is 0.350 e. The highest BCUT2D eigenvalue weighted by atomic mass is 35.5. The lowest BCUT2D eigenvalue weighted by Crippen LogP contribution is -2.56. The molecule has 0 fully saturated rings. The van der Waals surface area contributed by atoms with Crippen LogP contribution in [0.15, 0.2) is 114 Å². The van der Waals surface area contributed by atoms with Gasteiger partial charge in [-0.3, -0.25) is 13.9 Å². The summed E-state index contributed by atoms with van der Waals surface area (Å²) < 4.78 is 29.4. The van der Waals surface area contributed by atoms with E-state index in [0.717, 1.165) is 21.0 Å². The molecule has 0 spiro atoms. The van der Waals surface area contributed by atoms with Crippen LogP contribution in [0.4, 0.5) is 5.69 Å². The number of halogens is 1. The normalized spacial score (nSPS) is 12.4. The van der Waals surface area contributed by atoms with E-state index < -0.39 is 34.1 Å². The lowest BCUT2D eigenvalue weighted by atomic mass is 10.0. The summed E-state index contributed by atoms with van der Waals surface area (Å²) in [6.45, 7) is 9.30. The Morgan fingerprint density at radius 1 is 0.783 bits per heavy atom. The van der Waals surface area contributed by atoms with Crippen LogP contribution < -0.4 is 9.62 Å². The topological polar surface area (TPSA) is 86.8 Å². The third-order valence-electron chi connectivity index (χ3n) is 7.49. The molecule has 242 valence electrons. The van der Waals surface area contributed by atoms with Crippen LogP contribution in [0.25, 0.3) is 0 Å². The second-order valence-corrected chi connectivity index (χ2v) is 15.0. The Bertz CT molecular complexity index is 1700. The molecule has 0 saturated carbocycles. The first-order valence-electron chi connectivity index (χ1n) is 15.3. The number of nitrogens with zero attached hydrogens (tertiary/aromatic N) is 2. The molecule has 0 aliphatic rings. The highest BCUT2D eigenvalue weighted by Crippen LogP contribution is 2.27. The standard InChI is InChI=1S/C37H42ClN3O4S/c1-27(2)30-18-22-32(23-19-30)41(46(44,45)33-14-10-7-11-15-33)26-35(42)40(25-29-16-20-31(38)21-17-29)34(36(43)39-37(3,4)5)24-28-12-8-6-9-13-28/h6-23,27,34H,24-26H2,1-5H3,(H,39,43)/t34-/m0/s1. The molecule has 9 heteroatoms. The maximum Gasteiger partial charge on any atom is 0.264 e. The molecule has 46 heavy (non-hydrogen) atoms. The van der Waals surface area contributed by atoms with E-state index in [0.29, 0.717) is 10.7 Å². The van der Waals surface area contributed by atoms with Gasteiger partial charge >= 0.3 is 0 Å². The number of amides is 2. The molecule has 0 heterocycles. The van der Waals surface area contributed by atoms with Crippen molar-refractivity contribution in [2.24, 2.45) is 0 Å². The third-order valence-corrected chi connectivity index (χ3v) is 9.53. The van der Waals surface area contributed by atoms with Crippen molar-refractivity contribution in [2.75, 3.05) is 10.8 Å². The Morgan fingerprint density at radius 2 is 1.35 bits per heavy atom. The Morgan fingerprint density at radius 3 is 1.89 bits per heavy atom. The van der Waals surface area contributed by atoms with E-state index in [2.05, 4.69) is 19.2 Å². The second kappa shape index (κ2) is 15.0. The summed E-state index contributed by atoms with van der Waals surface area (Å²) in [7, 11) is -4.16. The molecule has 0 aromatic heterocycles. The van der Waals surface area contributed by atoms with Crippen LogP contribution in [-0.2, 0) is 32.6 Å². The summed E-state index contributed by atoms with van der Waals surface area (Å²) in [6.07, 6.45) is 0.233. The van der Waals surface area contributed by atoms with Crippen LogP contribution in [-0.4, -0.2) is 43.3 Å². The van der Waals surface area contributed by atoms with Crippen molar-refractivity contribution in [3.63, 3.8) is 0 Å². The summed E-state index contributed by atoms with van der Waals surface area (Å²) in [5.41, 5.74) is 2.44. The zero-order chi connectivity index (χ0) is 33.5. The first-order chi connectivity index (χ1) is 21.7. The summed E-state index contributed by atoms with van der Waals surface area (Å²) >= 11 is 6.16. The molecule has 4 aromatic rings. The van der Waals surface area contributed by atoms with Crippen LogP contribution >= 0.6 is 11.6 Å². The number of rotatable bonds is 12. The Balaban J connectivity index is 1.81. The molecule has 1 atom stereocenters. The molecule has 4 rings (SSSR count). The van der Waals surface area contributed by atoms with Crippen molar-refractivity contribution >= 4 is 39.1 Å². The summed E-state index contributed by atoms with van der Waals surface area (Å²) in [5, 5.41) is 3.58. The molecule has 2 amide bonds. The minimum Gasteiger partial charge on any atom is -0.350 e. The predicted octanol–water partition coefficient (Wildman–Crippen LogP) is 7.21. The van der Waals surface area contributed by atoms with E-state index in [-0.39, 0.29) is 29.7 Å². The number of carbonyl (C=O) groups is 2. The van der Waals surface area contributed by atoms with Crippen molar-refractivity contribution in [1.29, 1.82) is 0 Å². The molecule has 1 N–H and O–H groups in total. The number of benzene rings is 4. The molecular formula is C37H42ClN3O4S. The van der Waals surface area contributed by atoms with Crippen molar-refractivity contribution in [3.8, 4) is 0 Å². The van der Waals surface area contributed by atoms with Crippen LogP contribution in [0.3, 0.4) is 0 Å². The number of nitrogens with one attached hydrogen (secondary N) is 1. The highest BCUT2D eigenvalue weighted by molar-refractivity contribution is 7.92. The SMILES string of the molecule is CC(C)c1ccc(N(CC(=O)N(Cc2ccc(Cl)cc2)[C@@H](Cc2ccccc2)C(=O)NC(C)(C)C)S(=O)(=O)c2ccccc2)cc1. The predicted molar refractivity (Wildman–Crippen MR) is 185 cm³/mol. The molecule has 0 aliphatic carbocycles. The van der Waals surface area contributed by atoms with Gasteiger partial charge in [-0.2, -0.15) is 0 Å². The Kier molecular flexibility index (Phi) is 11.3. The van der Waals surface area contributed by atoms with Gasteiger partial charge < -0.3 is 10.2 Å². The van der Waals surface area contributed by atoms with E-state index in [4.69, 9.17) is 11.6 Å². The van der Waals surface area contributed by atoms with Gasteiger partial charge in [0.1, 0.15) is 12.6 Å². The fourth-order valence-electron chi connectivity index (χ4n) is 5.07. The van der Waals surface area contributed by atoms with E-state index in [1.807, 2.05) is 63.2 Å². The monoisotopic (exact) mass is 659 g/mol. The number of hydrogen-bond acceptors (Lipinski definition) is 4. The first kappa shape index (κ1) is 34.7. The summed E-state index contributed by atoms with van der Waals surface area (Å²) in [6, 6.07) is 30.8. The van der Waals surface area contributed by atoms with Crippen LogP contribution in [0, 0.1) is 0 Å². The van der Waals surface area contributed by atoms with Crippen LogP contribution in [0.5, 0.6) is 0 Å². The van der Waals surface area contributed by atoms with Gasteiger partial charge in [0.2, 0.25) is 11.8 Å². The Hall–Kier alpha value is -4.14. The average Bonchev–Trinajstić information content (AvgIpc) is 3.02. The molecule has 0 unspecified atom stereocenters. The minimum absolute atomic E-state index is 0.0614. The number of carbonyl (C=O) groups excluding carboxylic acids is 2. The highest BCUT2D eigenvalue weighted by Gasteiger charge is 2.35. The number of hydrogen-bond donors (Lipinski definition) is 1. The van der Waals surface area contributed by atoms with Crippen molar-refractivity contribution < 1.29 is 18.0 Å². The molecule has 0 aliphatic heterocycles. The quantitative estimate of drug-likeness (QED) is 0.174. The van der Waals surface area contributed by atoms with Gasteiger partial charge in [-0.05, 0) is 79.8 Å². The van der Waals surface area contributed by atoms with E-state index >= 15 is 0 Å². The zero-order valence-electron chi connectivity index (χ0n) is 27.0. The third kappa shape index (κ3) is 9.21. The minimum atomic E-state index is -4.16. The molecule has 0 saturated heterocycles. The molecule has 7 nitrogen and oxygen atoms in total. The fourth-order valence-corrected chi connectivity index (χ4v) is 6.63. The van der Waals surface area contributed by atoms with Crippen LogP contribution in [0.1, 0.15) is 57.2 Å². The van der Waals surface area contributed by atoms with Crippen molar-refractivity contribution in [3.05, 3.63) is 131 Å². The molecule has 0 radical (unpaired) electrons. The first-order valence-corrected chi connectivity index (χ1v) is 17.1. The smallest absolute Gasteiger partial charge is 0.264 e. The maximum absolute atomic E-state index is 14.6. The van der Waals surface area contributed by atoms with Gasteiger partial charge in [0.25, 0.3) is 10.0 Å². The van der Waals surface area contributed by atoms with Gasteiger partial charge in [-0.15, -0.1) is 0 Å². The van der Waals surface area contributed by atoms with E-state index in [1.54, 1.807) is 54.6 Å². The molecule has 4 aromatic carbocycles. The summed E-state index contributed by atoms with van der Waals surface area (Å²) in [5.74, 6) is -0.616. The van der Waals surface area contributed by atoms with E-state index in [9.17, 15) is 18.0 Å². The number of sulfonamides is 1. The van der Waals surface area contributed by atoms with Gasteiger partial charge in [0, 0.05) is 23.5 Å². The summed E-state index contributed by atoms with van der Waals surface area (Å²) in [4.78, 5) is 30.1. The van der Waals surface area contributed by atoms with Crippen LogP contribution in [0.2, 0.25) is 5.02 Å². The lowest BCUT2D eigenvalue weighted by Gasteiger charge is -2.35. The van der Waals surface area contributed by atoms with Crippen molar-refractivity contribution in [2.45, 2.75) is 70.0 Å². The fraction of sp³-hybridized carbons (Fsp3) is 0.297. The van der Waals surface area contributed by atoms with Crippen molar-refractivity contribution in [1.82, 2.24) is 10.2 Å². The zero-order valence-corrected chi connectivity index (χ0v) is 28.6. The average molecular weight is 660 g/mol. The van der Waals surface area contributed by atoms with Gasteiger partial charge in [0.15, 0.2) is 0 Å². The van der Waals surface area contributed by atoms with Gasteiger partial charge in [-0.1, -0.05) is 98.2 Å². The lowest BCUT2D eigenvalue weighted by molar-refractivity contribution is -0.140. The molecule has 0 bridgehead atoms. The second-order valence-electron chi connectivity index (χ2n) is 12.7. The van der Waals surface area contributed by atoms with Gasteiger partial charge in [-0.25, -0.2) is 8.42 Å².